The van der Waals surface area contributed by atoms with Crippen LogP contribution < -0.4 is 4.90 Å². The van der Waals surface area contributed by atoms with E-state index in [0.717, 1.165) is 45.4 Å². The van der Waals surface area contributed by atoms with Crippen LogP contribution in [-0.4, -0.2) is 11.8 Å². The first kappa shape index (κ1) is 20.9. The Hall–Kier alpha value is -2.64. The molecule has 8 heteroatoms. The van der Waals surface area contributed by atoms with Gasteiger partial charge in [-0.2, -0.15) is 13.2 Å². The molecule has 1 heterocycles. The molecule has 166 valence electrons. The Morgan fingerprint density at radius 3 is 2.03 bits per heavy atom. The Morgan fingerprint density at radius 2 is 1.45 bits per heavy atom. The molecule has 3 aromatic carbocycles. The highest BCUT2D eigenvalue weighted by molar-refractivity contribution is 9.09. The second-order valence-corrected chi connectivity index (χ2v) is 10.2. The summed E-state index contributed by atoms with van der Waals surface area (Å²) in [5.41, 5.74) is 2.46. The quantitative estimate of drug-likeness (QED) is 0.274. The zero-order valence-corrected chi connectivity index (χ0v) is 19.1. The van der Waals surface area contributed by atoms with E-state index in [9.17, 15) is 22.8 Å². The normalized spacial score (nSPS) is 27.4. The summed E-state index contributed by atoms with van der Waals surface area (Å²) in [5, 5.41) is -0.0886. The van der Waals surface area contributed by atoms with Crippen LogP contribution >= 0.6 is 27.5 Å². The van der Waals surface area contributed by atoms with Crippen molar-refractivity contribution in [1.82, 2.24) is 0 Å². The lowest BCUT2D eigenvalue weighted by atomic mass is 9.55. The zero-order valence-electron chi connectivity index (χ0n) is 16.7. The Labute approximate surface area is 200 Å². The highest BCUT2D eigenvalue weighted by atomic mass is 79.9. The number of halogens is 5. The summed E-state index contributed by atoms with van der Waals surface area (Å²) in [6.07, 6.45) is -4.64. The molecule has 3 aromatic rings. The molecule has 0 spiro atoms. The summed E-state index contributed by atoms with van der Waals surface area (Å²) in [6.45, 7) is 0. The van der Waals surface area contributed by atoms with Crippen molar-refractivity contribution >= 4 is 45.0 Å². The van der Waals surface area contributed by atoms with Crippen molar-refractivity contribution in [3.63, 3.8) is 0 Å². The zero-order chi connectivity index (χ0) is 23.3. The third-order valence-corrected chi connectivity index (χ3v) is 8.70. The van der Waals surface area contributed by atoms with Crippen molar-refractivity contribution in [2.24, 2.45) is 11.8 Å². The Morgan fingerprint density at radius 1 is 0.879 bits per heavy atom. The molecule has 0 N–H and O–H groups in total. The number of hydrogen-bond donors (Lipinski definition) is 0. The molecule has 0 radical (unpaired) electrons. The fourth-order valence-electron chi connectivity index (χ4n) is 5.78. The van der Waals surface area contributed by atoms with Gasteiger partial charge in [-0.15, -0.1) is 0 Å². The van der Waals surface area contributed by atoms with Gasteiger partial charge in [0.1, 0.15) is 0 Å². The number of anilines is 1. The molecule has 3 aliphatic carbocycles. The average Bonchev–Trinajstić information content (AvgIpc) is 3.05. The molecular formula is C25H14BrClF3NO2. The van der Waals surface area contributed by atoms with Gasteiger partial charge in [-0.3, -0.25) is 9.59 Å². The number of carbonyl (C=O) groups is 2. The number of carbonyl (C=O) groups excluding carboxylic acids is 2. The number of benzene rings is 3. The maximum Gasteiger partial charge on any atom is 0.416 e. The number of rotatable bonds is 1. The first-order valence-electron chi connectivity index (χ1n) is 10.3. The summed E-state index contributed by atoms with van der Waals surface area (Å²) < 4.78 is 39.2. The maximum absolute atomic E-state index is 13.8. The van der Waals surface area contributed by atoms with Crippen LogP contribution in [0.3, 0.4) is 0 Å². The fourth-order valence-corrected chi connectivity index (χ4v) is 7.18. The number of hydrogen-bond acceptors (Lipinski definition) is 2. The first-order valence-corrected chi connectivity index (χ1v) is 11.4. The number of alkyl halides is 4. The lowest BCUT2D eigenvalue weighted by molar-refractivity contribution is -0.137. The van der Waals surface area contributed by atoms with Gasteiger partial charge in [-0.05, 0) is 40.5 Å². The first-order chi connectivity index (χ1) is 15.7. The number of imide groups is 1. The molecule has 1 saturated heterocycles. The van der Waals surface area contributed by atoms with Gasteiger partial charge in [0.15, 0.2) is 0 Å². The van der Waals surface area contributed by atoms with Gasteiger partial charge in [0.05, 0.1) is 32.4 Å². The predicted molar refractivity (Wildman–Crippen MR) is 120 cm³/mol. The van der Waals surface area contributed by atoms with Gasteiger partial charge in [0.2, 0.25) is 11.8 Å². The molecule has 2 atom stereocenters. The van der Waals surface area contributed by atoms with Crippen LogP contribution in [0.25, 0.3) is 0 Å². The Bertz CT molecular complexity index is 1320. The third-order valence-electron chi connectivity index (χ3n) is 7.03. The SMILES string of the molecule is O=C1[C@@H]2C3c4ccccc4C(Br)(c4ccccc43)[C@@H]2C(=O)N1c1cc(C(F)(F)F)ccc1Cl. The molecule has 0 saturated carbocycles. The van der Waals surface area contributed by atoms with Crippen LogP contribution in [-0.2, 0) is 20.1 Å². The Kier molecular flexibility index (Phi) is 4.25. The van der Waals surface area contributed by atoms with Gasteiger partial charge in [0.25, 0.3) is 0 Å². The molecule has 3 nitrogen and oxygen atoms in total. The van der Waals surface area contributed by atoms with Crippen molar-refractivity contribution in [1.29, 1.82) is 0 Å². The third kappa shape index (κ3) is 2.58. The number of nitrogens with zero attached hydrogens (tertiary/aromatic N) is 1. The monoisotopic (exact) mass is 531 g/mol. The smallest absolute Gasteiger partial charge is 0.274 e. The molecule has 1 fully saturated rings. The second-order valence-electron chi connectivity index (χ2n) is 8.54. The topological polar surface area (TPSA) is 37.4 Å². The lowest BCUT2D eigenvalue weighted by Gasteiger charge is -2.51. The molecule has 2 amide bonds. The Balaban J connectivity index is 1.58. The van der Waals surface area contributed by atoms with E-state index in [-0.39, 0.29) is 16.6 Å². The molecule has 0 unspecified atom stereocenters. The van der Waals surface area contributed by atoms with Crippen LogP contribution in [0.4, 0.5) is 18.9 Å². The molecule has 7 rings (SSSR count). The minimum Gasteiger partial charge on any atom is -0.274 e. The van der Waals surface area contributed by atoms with Crippen LogP contribution in [0.5, 0.6) is 0 Å². The van der Waals surface area contributed by atoms with Crippen LogP contribution in [0.15, 0.2) is 66.7 Å². The number of amides is 2. The van der Waals surface area contributed by atoms with E-state index in [2.05, 4.69) is 15.9 Å². The molecular weight excluding hydrogens is 519 g/mol. The summed E-state index contributed by atoms with van der Waals surface area (Å²) in [5.74, 6) is -3.05. The highest BCUT2D eigenvalue weighted by Gasteiger charge is 2.67. The second kappa shape index (κ2) is 6.70. The van der Waals surface area contributed by atoms with E-state index in [1.807, 2.05) is 48.5 Å². The standard InChI is InChI=1S/C25H14BrClF3NO2/c26-24-15-7-3-1-5-13(15)19(14-6-2-4-8-16(14)24)20-21(24)23(33)31(22(20)32)18-11-12(25(28,29)30)9-10-17(18)27/h1-11,19-21H/t19?,20-,21+,24?/m1/s1. The van der Waals surface area contributed by atoms with Crippen LogP contribution in [0.1, 0.15) is 33.7 Å². The summed E-state index contributed by atoms with van der Waals surface area (Å²) >= 11 is 10.1. The van der Waals surface area contributed by atoms with E-state index < -0.39 is 39.7 Å². The van der Waals surface area contributed by atoms with Crippen molar-refractivity contribution in [2.45, 2.75) is 16.4 Å². The van der Waals surface area contributed by atoms with E-state index in [1.165, 1.54) is 0 Å². The van der Waals surface area contributed by atoms with Crippen molar-refractivity contribution < 1.29 is 22.8 Å². The molecule has 33 heavy (non-hydrogen) atoms. The van der Waals surface area contributed by atoms with Gasteiger partial charge in [-0.25, -0.2) is 4.90 Å². The molecule has 0 aromatic heterocycles. The summed E-state index contributed by atoms with van der Waals surface area (Å²) in [7, 11) is 0. The minimum atomic E-state index is -4.64. The molecule has 4 aliphatic rings. The summed E-state index contributed by atoms with van der Waals surface area (Å²) in [4.78, 5) is 28.4. The van der Waals surface area contributed by atoms with Gasteiger partial charge in [-0.1, -0.05) is 76.1 Å². The summed E-state index contributed by atoms with van der Waals surface area (Å²) in [6, 6.07) is 18.0. The molecule has 1 aliphatic heterocycles. The van der Waals surface area contributed by atoms with Crippen LogP contribution in [0.2, 0.25) is 5.02 Å². The van der Waals surface area contributed by atoms with Crippen LogP contribution in [0, 0.1) is 11.8 Å². The average molecular weight is 533 g/mol. The van der Waals surface area contributed by atoms with Crippen molar-refractivity contribution in [3.05, 3.63) is 99.6 Å². The lowest BCUT2D eigenvalue weighted by Crippen LogP contribution is -2.50. The van der Waals surface area contributed by atoms with Gasteiger partial charge in [0, 0.05) is 5.92 Å². The van der Waals surface area contributed by atoms with E-state index in [4.69, 9.17) is 11.6 Å². The van der Waals surface area contributed by atoms with E-state index >= 15 is 0 Å². The predicted octanol–water partition coefficient (Wildman–Crippen LogP) is 6.26. The van der Waals surface area contributed by atoms with Gasteiger partial charge >= 0.3 is 6.18 Å². The van der Waals surface area contributed by atoms with Gasteiger partial charge < -0.3 is 0 Å². The minimum absolute atomic E-state index is 0.0886. The van der Waals surface area contributed by atoms with E-state index in [0.29, 0.717) is 0 Å². The maximum atomic E-state index is 13.8. The molecule has 2 bridgehead atoms. The van der Waals surface area contributed by atoms with E-state index in [1.54, 1.807) is 0 Å². The van der Waals surface area contributed by atoms with Crippen molar-refractivity contribution in [2.75, 3.05) is 4.90 Å². The van der Waals surface area contributed by atoms with Crippen molar-refractivity contribution in [3.8, 4) is 0 Å². The largest absolute Gasteiger partial charge is 0.416 e. The fraction of sp³-hybridized carbons (Fsp3) is 0.200. The highest BCUT2D eigenvalue weighted by Crippen LogP contribution is 2.66.